The first kappa shape index (κ1) is 12.2. The second-order valence-electron chi connectivity index (χ2n) is 4.69. The second-order valence-corrected chi connectivity index (χ2v) is 5.92. The smallest absolute Gasteiger partial charge is 0.0900 e. The van der Waals surface area contributed by atoms with Crippen molar-refractivity contribution in [2.75, 3.05) is 5.32 Å². The van der Waals surface area contributed by atoms with E-state index in [0.717, 1.165) is 27.3 Å². The van der Waals surface area contributed by atoms with Crippen LogP contribution in [0.3, 0.4) is 0 Å². The second kappa shape index (κ2) is 4.66. The van der Waals surface area contributed by atoms with Gasteiger partial charge in [0.15, 0.2) is 0 Å². The van der Waals surface area contributed by atoms with Crippen LogP contribution in [0.25, 0.3) is 10.9 Å². The van der Waals surface area contributed by atoms with Crippen LogP contribution in [0.1, 0.15) is 28.5 Å². The number of aryl methyl sites for hydroxylation is 2. The third kappa shape index (κ3) is 2.21. The largest absolute Gasteiger partial charge is 0.376 e. The van der Waals surface area contributed by atoms with E-state index < -0.39 is 0 Å². The summed E-state index contributed by atoms with van der Waals surface area (Å²) in [5, 5.41) is 12.9. The minimum atomic E-state index is 0.236. The average molecular weight is 272 g/mol. The number of thiazole rings is 1. The molecule has 0 saturated heterocycles. The van der Waals surface area contributed by atoms with Crippen LogP contribution in [-0.2, 0) is 0 Å². The Morgan fingerprint density at radius 2 is 2.16 bits per heavy atom. The van der Waals surface area contributed by atoms with Crippen LogP contribution in [0.2, 0.25) is 0 Å². The van der Waals surface area contributed by atoms with Crippen LogP contribution in [0.5, 0.6) is 0 Å². The number of hydrogen-bond acceptors (Lipinski definition) is 4. The molecule has 98 valence electrons. The lowest BCUT2D eigenvalue weighted by Gasteiger charge is -2.14. The summed E-state index contributed by atoms with van der Waals surface area (Å²) < 4.78 is 0. The molecule has 3 rings (SSSR count). The molecule has 2 N–H and O–H groups in total. The summed E-state index contributed by atoms with van der Waals surface area (Å²) in [7, 11) is 0. The van der Waals surface area contributed by atoms with Crippen molar-refractivity contribution in [2.45, 2.75) is 26.8 Å². The Kier molecular flexibility index (Phi) is 2.98. The number of fused-ring (bicyclic) bond motifs is 1. The van der Waals surface area contributed by atoms with Gasteiger partial charge in [0.1, 0.15) is 0 Å². The molecule has 4 nitrogen and oxygen atoms in total. The van der Waals surface area contributed by atoms with Crippen molar-refractivity contribution in [3.8, 4) is 0 Å². The SMILES string of the molecule is Cc1nc(C)c(C(C)Nc2cccc3cn[nH]c23)s1. The summed E-state index contributed by atoms with van der Waals surface area (Å²) >= 11 is 1.75. The van der Waals surface area contributed by atoms with E-state index >= 15 is 0 Å². The Hall–Kier alpha value is -1.88. The zero-order chi connectivity index (χ0) is 13.4. The van der Waals surface area contributed by atoms with Gasteiger partial charge in [-0.25, -0.2) is 4.98 Å². The summed E-state index contributed by atoms with van der Waals surface area (Å²) in [6.07, 6.45) is 1.84. The van der Waals surface area contributed by atoms with Gasteiger partial charge in [-0.1, -0.05) is 12.1 Å². The zero-order valence-electron chi connectivity index (χ0n) is 11.2. The van der Waals surface area contributed by atoms with Gasteiger partial charge in [0.2, 0.25) is 0 Å². The zero-order valence-corrected chi connectivity index (χ0v) is 12.0. The number of anilines is 1. The monoisotopic (exact) mass is 272 g/mol. The molecule has 2 heterocycles. The minimum absolute atomic E-state index is 0.236. The average Bonchev–Trinajstić information content (AvgIpc) is 2.96. The van der Waals surface area contributed by atoms with Crippen molar-refractivity contribution >= 4 is 27.9 Å². The molecule has 0 fully saturated rings. The number of benzene rings is 1. The van der Waals surface area contributed by atoms with Crippen LogP contribution in [0, 0.1) is 13.8 Å². The van der Waals surface area contributed by atoms with Gasteiger partial charge < -0.3 is 5.32 Å². The van der Waals surface area contributed by atoms with Crippen LogP contribution in [-0.4, -0.2) is 15.2 Å². The molecule has 0 bridgehead atoms. The summed E-state index contributed by atoms with van der Waals surface area (Å²) in [6, 6.07) is 6.40. The molecule has 0 radical (unpaired) electrons. The molecule has 0 aliphatic heterocycles. The van der Waals surface area contributed by atoms with E-state index in [1.54, 1.807) is 11.3 Å². The van der Waals surface area contributed by atoms with Crippen LogP contribution >= 0.6 is 11.3 Å². The molecule has 0 amide bonds. The fourth-order valence-electron chi connectivity index (χ4n) is 2.34. The Morgan fingerprint density at radius 3 is 2.89 bits per heavy atom. The Bertz CT molecular complexity index is 713. The molecule has 0 aliphatic rings. The maximum Gasteiger partial charge on any atom is 0.0900 e. The van der Waals surface area contributed by atoms with E-state index in [1.807, 2.05) is 19.2 Å². The number of hydrogen-bond donors (Lipinski definition) is 2. The Labute approximate surface area is 115 Å². The summed E-state index contributed by atoms with van der Waals surface area (Å²) in [6.45, 7) is 6.27. The topological polar surface area (TPSA) is 53.6 Å². The van der Waals surface area contributed by atoms with Gasteiger partial charge >= 0.3 is 0 Å². The molecule has 19 heavy (non-hydrogen) atoms. The third-order valence-electron chi connectivity index (χ3n) is 3.18. The first-order valence-electron chi connectivity index (χ1n) is 6.27. The maximum absolute atomic E-state index is 4.48. The van der Waals surface area contributed by atoms with Crippen molar-refractivity contribution < 1.29 is 0 Å². The Balaban J connectivity index is 1.92. The molecule has 0 spiro atoms. The van der Waals surface area contributed by atoms with E-state index in [9.17, 15) is 0 Å². The molecule has 0 aliphatic carbocycles. The molecule has 1 aromatic carbocycles. The number of aromatic amines is 1. The lowest BCUT2D eigenvalue weighted by Crippen LogP contribution is -2.06. The highest BCUT2D eigenvalue weighted by Gasteiger charge is 2.14. The van der Waals surface area contributed by atoms with Gasteiger partial charge in [-0.2, -0.15) is 5.10 Å². The highest BCUT2D eigenvalue weighted by Crippen LogP contribution is 2.29. The number of nitrogens with zero attached hydrogens (tertiary/aromatic N) is 2. The molecule has 5 heteroatoms. The fourth-order valence-corrected chi connectivity index (χ4v) is 3.27. The van der Waals surface area contributed by atoms with Gasteiger partial charge in [0, 0.05) is 10.3 Å². The van der Waals surface area contributed by atoms with Crippen molar-refractivity contribution in [1.82, 2.24) is 15.2 Å². The predicted octanol–water partition coefficient (Wildman–Crippen LogP) is 3.81. The maximum atomic E-state index is 4.48. The lowest BCUT2D eigenvalue weighted by molar-refractivity contribution is 0.890. The van der Waals surface area contributed by atoms with E-state index in [0.29, 0.717) is 0 Å². The third-order valence-corrected chi connectivity index (χ3v) is 4.44. The molecule has 2 aromatic heterocycles. The normalized spacial score (nSPS) is 12.8. The minimum Gasteiger partial charge on any atom is -0.376 e. The number of aromatic nitrogens is 3. The fraction of sp³-hybridized carbons (Fsp3) is 0.286. The number of rotatable bonds is 3. The van der Waals surface area contributed by atoms with E-state index in [2.05, 4.69) is 46.5 Å². The van der Waals surface area contributed by atoms with Crippen molar-refractivity contribution in [2.24, 2.45) is 0 Å². The van der Waals surface area contributed by atoms with Gasteiger partial charge in [0.05, 0.1) is 34.1 Å². The summed E-state index contributed by atoms with van der Waals surface area (Å²) in [5.74, 6) is 0. The van der Waals surface area contributed by atoms with E-state index in [-0.39, 0.29) is 6.04 Å². The first-order chi connectivity index (χ1) is 9.15. The molecule has 1 unspecified atom stereocenters. The first-order valence-corrected chi connectivity index (χ1v) is 7.09. The number of H-pyrrole nitrogens is 1. The van der Waals surface area contributed by atoms with Gasteiger partial charge in [0.25, 0.3) is 0 Å². The number of para-hydroxylation sites is 1. The molecular weight excluding hydrogens is 256 g/mol. The van der Waals surface area contributed by atoms with E-state index in [1.165, 1.54) is 4.88 Å². The number of nitrogens with one attached hydrogen (secondary N) is 2. The predicted molar refractivity (Wildman–Crippen MR) is 79.7 cm³/mol. The highest BCUT2D eigenvalue weighted by atomic mass is 32.1. The summed E-state index contributed by atoms with van der Waals surface area (Å²) in [4.78, 5) is 5.77. The van der Waals surface area contributed by atoms with Crippen molar-refractivity contribution in [3.63, 3.8) is 0 Å². The van der Waals surface area contributed by atoms with Gasteiger partial charge in [-0.05, 0) is 26.8 Å². The highest BCUT2D eigenvalue weighted by molar-refractivity contribution is 7.11. The van der Waals surface area contributed by atoms with Gasteiger partial charge in [-0.3, -0.25) is 5.10 Å². The molecule has 3 aromatic rings. The standard InChI is InChI=1S/C14H16N4S/c1-8-14(19-10(3)16-8)9(2)17-12-6-4-5-11-7-15-18-13(11)12/h4-7,9,17H,1-3H3,(H,15,18). The molecule has 0 saturated carbocycles. The Morgan fingerprint density at radius 1 is 1.32 bits per heavy atom. The van der Waals surface area contributed by atoms with Crippen LogP contribution in [0.4, 0.5) is 5.69 Å². The van der Waals surface area contributed by atoms with E-state index in [4.69, 9.17) is 0 Å². The summed E-state index contributed by atoms with van der Waals surface area (Å²) in [5.41, 5.74) is 3.24. The molecular formula is C14H16N4S. The van der Waals surface area contributed by atoms with Crippen molar-refractivity contribution in [1.29, 1.82) is 0 Å². The van der Waals surface area contributed by atoms with Crippen molar-refractivity contribution in [3.05, 3.63) is 40.0 Å². The van der Waals surface area contributed by atoms with Crippen LogP contribution in [0.15, 0.2) is 24.4 Å². The lowest BCUT2D eigenvalue weighted by atomic mass is 10.2. The van der Waals surface area contributed by atoms with Gasteiger partial charge in [-0.15, -0.1) is 11.3 Å². The van der Waals surface area contributed by atoms with Crippen LogP contribution < -0.4 is 5.32 Å². The quantitative estimate of drug-likeness (QED) is 0.762. The molecule has 1 atom stereocenters.